The highest BCUT2D eigenvalue weighted by molar-refractivity contribution is 4.81. The first-order valence-corrected chi connectivity index (χ1v) is 18.0. The van der Waals surface area contributed by atoms with Crippen molar-refractivity contribution in [2.45, 2.75) is 194 Å². The van der Waals surface area contributed by atoms with Crippen LogP contribution in [-0.2, 0) is 0 Å². The second-order valence-electron chi connectivity index (χ2n) is 13.3. The van der Waals surface area contributed by atoms with E-state index in [0.29, 0.717) is 6.61 Å². The fourth-order valence-corrected chi connectivity index (χ4v) is 5.14. The molecule has 0 spiro atoms. The van der Waals surface area contributed by atoms with Gasteiger partial charge >= 0.3 is 0 Å². The number of allylic oxidation sites excluding steroid dienone is 2. The van der Waals surface area contributed by atoms with Crippen LogP contribution in [0, 0.1) is 0 Å². The Morgan fingerprint density at radius 3 is 0.975 bits per heavy atom. The average molecular weight is 588 g/mol. The second kappa shape index (κ2) is 39.0. The fourth-order valence-electron chi connectivity index (χ4n) is 5.14. The summed E-state index contributed by atoms with van der Waals surface area (Å²) in [6.07, 6.45) is 43.6. The second-order valence-corrected chi connectivity index (χ2v) is 13.3. The van der Waals surface area contributed by atoms with Crippen molar-refractivity contribution in [2.75, 3.05) is 34.3 Å². The van der Waals surface area contributed by atoms with Crippen LogP contribution in [0.1, 0.15) is 194 Å². The molecular weight excluding hydrogens is 510 g/mol. The lowest BCUT2D eigenvalue weighted by Crippen LogP contribution is -3.00. The molecule has 40 heavy (non-hydrogen) atoms. The van der Waals surface area contributed by atoms with Gasteiger partial charge in [0, 0.05) is 6.61 Å². The van der Waals surface area contributed by atoms with Gasteiger partial charge < -0.3 is 22.0 Å². The van der Waals surface area contributed by atoms with Crippen molar-refractivity contribution >= 4 is 0 Å². The van der Waals surface area contributed by atoms with E-state index in [1.54, 1.807) is 0 Å². The number of halogens is 1. The maximum Gasteiger partial charge on any atom is 0.0780 e. The molecule has 0 aliphatic carbocycles. The molecular formula is C37H78ClNO. The molecule has 0 bridgehead atoms. The average Bonchev–Trinajstić information content (AvgIpc) is 2.91. The van der Waals surface area contributed by atoms with Crippen LogP contribution in [0.15, 0.2) is 12.2 Å². The topological polar surface area (TPSA) is 20.2 Å². The monoisotopic (exact) mass is 588 g/mol. The Morgan fingerprint density at radius 2 is 0.675 bits per heavy atom. The summed E-state index contributed by atoms with van der Waals surface area (Å²) in [5.41, 5.74) is 0. The predicted octanol–water partition coefficient (Wildman–Crippen LogP) is 9.19. The number of unbranched alkanes of at least 4 members (excludes halogenated alkanes) is 25. The summed E-state index contributed by atoms with van der Waals surface area (Å²) in [5.74, 6) is 0. The Balaban J connectivity index is -0.000000669. The highest BCUT2D eigenvalue weighted by Gasteiger charge is 2.05. The molecule has 0 heterocycles. The minimum Gasteiger partial charge on any atom is -1.00 e. The minimum absolute atomic E-state index is 0. The summed E-state index contributed by atoms with van der Waals surface area (Å²) < 4.78 is 1.12. The zero-order valence-corrected chi connectivity index (χ0v) is 29.4. The smallest absolute Gasteiger partial charge is 0.0780 e. The number of quaternary nitrogens is 1. The zero-order chi connectivity index (χ0) is 29.1. The van der Waals surface area contributed by atoms with Crippen LogP contribution in [0.2, 0.25) is 0 Å². The molecule has 0 aromatic carbocycles. The fraction of sp³-hybridized carbons (Fsp3) is 0.946. The molecule has 1 N–H and O–H groups in total. The van der Waals surface area contributed by atoms with E-state index < -0.39 is 0 Å². The summed E-state index contributed by atoms with van der Waals surface area (Å²) >= 11 is 0. The van der Waals surface area contributed by atoms with Crippen molar-refractivity contribution in [1.29, 1.82) is 0 Å². The van der Waals surface area contributed by atoms with Gasteiger partial charge in [0.25, 0.3) is 0 Å². The lowest BCUT2D eigenvalue weighted by Gasteiger charge is -2.23. The molecule has 0 aromatic rings. The van der Waals surface area contributed by atoms with Crippen molar-refractivity contribution in [3.05, 3.63) is 12.2 Å². The number of aliphatic hydroxyl groups is 1. The molecule has 0 radical (unpaired) electrons. The first kappa shape index (κ1) is 44.4. The molecule has 0 aromatic heterocycles. The van der Waals surface area contributed by atoms with E-state index in [1.165, 1.54) is 180 Å². The van der Waals surface area contributed by atoms with Gasteiger partial charge in [0.15, 0.2) is 0 Å². The van der Waals surface area contributed by atoms with Crippen LogP contribution in [0.25, 0.3) is 0 Å². The van der Waals surface area contributed by atoms with Gasteiger partial charge in [0.2, 0.25) is 0 Å². The van der Waals surface area contributed by atoms with Crippen LogP contribution < -0.4 is 12.4 Å². The molecule has 0 atom stereocenters. The summed E-state index contributed by atoms with van der Waals surface area (Å²) in [4.78, 5) is 0. The van der Waals surface area contributed by atoms with Gasteiger partial charge in [-0.3, -0.25) is 0 Å². The van der Waals surface area contributed by atoms with Gasteiger partial charge in [-0.25, -0.2) is 0 Å². The van der Waals surface area contributed by atoms with Crippen molar-refractivity contribution in [2.24, 2.45) is 0 Å². The van der Waals surface area contributed by atoms with Crippen LogP contribution in [0.4, 0.5) is 0 Å². The number of hydrogen-bond donors (Lipinski definition) is 1. The van der Waals surface area contributed by atoms with E-state index >= 15 is 0 Å². The quantitative estimate of drug-likeness (QED) is 0.0504. The van der Waals surface area contributed by atoms with E-state index in [2.05, 4.69) is 47.1 Å². The van der Waals surface area contributed by atoms with Gasteiger partial charge in [0.1, 0.15) is 0 Å². The SMILES string of the molecule is CCCCCCCC/C=C\CCCCCCCCO.CCCCCCCCCCCCCCCC[N+](C)(C)C.[Cl-]. The highest BCUT2D eigenvalue weighted by atomic mass is 35.5. The Bertz CT molecular complexity index is 446. The van der Waals surface area contributed by atoms with E-state index in [-0.39, 0.29) is 12.4 Å². The summed E-state index contributed by atoms with van der Waals surface area (Å²) in [6, 6.07) is 0. The van der Waals surface area contributed by atoms with Gasteiger partial charge in [-0.05, 0) is 44.9 Å². The molecule has 0 amide bonds. The third kappa shape index (κ3) is 47.7. The number of rotatable bonds is 30. The van der Waals surface area contributed by atoms with Crippen molar-refractivity contribution in [1.82, 2.24) is 0 Å². The summed E-state index contributed by atoms with van der Waals surface area (Å²) in [6.45, 7) is 6.26. The Labute approximate surface area is 261 Å². The van der Waals surface area contributed by atoms with Gasteiger partial charge in [-0.15, -0.1) is 0 Å². The molecule has 3 heteroatoms. The van der Waals surface area contributed by atoms with E-state index in [1.807, 2.05) is 0 Å². The van der Waals surface area contributed by atoms with Gasteiger partial charge in [-0.1, -0.05) is 161 Å². The molecule has 0 aliphatic rings. The third-order valence-electron chi connectivity index (χ3n) is 7.85. The molecule has 244 valence electrons. The summed E-state index contributed by atoms with van der Waals surface area (Å²) in [5, 5.41) is 8.66. The van der Waals surface area contributed by atoms with Gasteiger partial charge in [0.05, 0.1) is 27.7 Å². The maximum absolute atomic E-state index is 8.66. The number of aliphatic hydroxyl groups excluding tert-OH is 1. The van der Waals surface area contributed by atoms with Crippen LogP contribution in [-0.4, -0.2) is 43.9 Å². The van der Waals surface area contributed by atoms with Crippen molar-refractivity contribution in [3.8, 4) is 0 Å². The third-order valence-corrected chi connectivity index (χ3v) is 7.85. The van der Waals surface area contributed by atoms with Crippen LogP contribution >= 0.6 is 0 Å². The van der Waals surface area contributed by atoms with E-state index in [0.717, 1.165) is 10.9 Å². The molecule has 0 fully saturated rings. The number of hydrogen-bond acceptors (Lipinski definition) is 1. The number of nitrogens with zero attached hydrogens (tertiary/aromatic N) is 1. The molecule has 0 rings (SSSR count). The zero-order valence-electron chi connectivity index (χ0n) is 28.6. The molecule has 0 unspecified atom stereocenters. The first-order valence-electron chi connectivity index (χ1n) is 18.0. The van der Waals surface area contributed by atoms with Crippen LogP contribution in [0.5, 0.6) is 0 Å². The first-order chi connectivity index (χ1) is 19.0. The van der Waals surface area contributed by atoms with Crippen molar-refractivity contribution < 1.29 is 22.0 Å². The van der Waals surface area contributed by atoms with Crippen molar-refractivity contribution in [3.63, 3.8) is 0 Å². The largest absolute Gasteiger partial charge is 1.00 e. The standard InChI is InChI=1S/C19H42N.C18H36O.ClH/c1-5-6-7-8-9-10-11-12-13-14-15-16-17-18-19-20(2,3)4;1-2-3-4-5-6-7-8-9-10-11-12-13-14-15-16-17-18-19;/h5-19H2,1-4H3;9-10,19H,2-8,11-18H2,1H3;1H/q+1;;/p-1/b;10-9-;. The van der Waals surface area contributed by atoms with Gasteiger partial charge in [-0.2, -0.15) is 0 Å². The molecule has 0 saturated heterocycles. The predicted molar refractivity (Wildman–Crippen MR) is 180 cm³/mol. The maximum atomic E-state index is 8.66. The minimum atomic E-state index is 0. The lowest BCUT2D eigenvalue weighted by molar-refractivity contribution is -0.870. The van der Waals surface area contributed by atoms with E-state index in [4.69, 9.17) is 5.11 Å². The summed E-state index contributed by atoms with van der Waals surface area (Å²) in [7, 11) is 6.88. The highest BCUT2D eigenvalue weighted by Crippen LogP contribution is 2.13. The van der Waals surface area contributed by atoms with Crippen LogP contribution in [0.3, 0.4) is 0 Å². The molecule has 2 nitrogen and oxygen atoms in total. The van der Waals surface area contributed by atoms with E-state index in [9.17, 15) is 0 Å². The normalized spacial score (nSPS) is 11.4. The molecule has 0 aliphatic heterocycles. The Kier molecular flexibility index (Phi) is 43.2. The lowest BCUT2D eigenvalue weighted by atomic mass is 10.0. The Hall–Kier alpha value is -0.0500. The Morgan fingerprint density at radius 1 is 0.400 bits per heavy atom. The molecule has 0 saturated carbocycles.